The fraction of sp³-hybridized carbons (Fsp3) is 0.571. The lowest BCUT2D eigenvalue weighted by molar-refractivity contribution is -0.142. The highest BCUT2D eigenvalue weighted by Crippen LogP contribution is 2.45. The molecule has 1 aromatic heterocycles. The number of hydrogen-bond acceptors (Lipinski definition) is 7. The van der Waals surface area contributed by atoms with Gasteiger partial charge in [-0.15, -0.1) is 11.3 Å². The highest BCUT2D eigenvalue weighted by Gasteiger charge is 2.42. The van der Waals surface area contributed by atoms with Crippen LogP contribution in [0.5, 0.6) is 0 Å². The molecule has 0 saturated carbocycles. The molecule has 0 atom stereocenters. The van der Waals surface area contributed by atoms with Crippen LogP contribution in [0.25, 0.3) is 0 Å². The first-order valence-corrected chi connectivity index (χ1v) is 10.4. The van der Waals surface area contributed by atoms with Gasteiger partial charge in [0.1, 0.15) is 5.00 Å². The lowest BCUT2D eigenvalue weighted by Gasteiger charge is -2.42. The molecule has 0 radical (unpaired) electrons. The van der Waals surface area contributed by atoms with Crippen LogP contribution in [0.1, 0.15) is 69.3 Å². The Kier molecular flexibility index (Phi) is 6.90. The Morgan fingerprint density at radius 3 is 2.41 bits per heavy atom. The Labute approximate surface area is 175 Å². The molecule has 29 heavy (non-hydrogen) atoms. The number of fused-ring (bicyclic) bond motifs is 1. The van der Waals surface area contributed by atoms with E-state index in [9.17, 15) is 14.4 Å². The average molecular weight is 423 g/mol. The van der Waals surface area contributed by atoms with Crippen molar-refractivity contribution in [1.82, 2.24) is 5.32 Å². The van der Waals surface area contributed by atoms with Crippen molar-refractivity contribution in [3.8, 4) is 0 Å². The van der Waals surface area contributed by atoms with Gasteiger partial charge in [0.05, 0.1) is 12.2 Å². The van der Waals surface area contributed by atoms with E-state index in [4.69, 9.17) is 9.47 Å². The third kappa shape index (κ3) is 5.67. The first-order chi connectivity index (χ1) is 13.4. The molecule has 1 amide bonds. The third-order valence-electron chi connectivity index (χ3n) is 4.33. The molecule has 0 unspecified atom stereocenters. The van der Waals surface area contributed by atoms with E-state index in [1.165, 1.54) is 17.4 Å². The van der Waals surface area contributed by atoms with E-state index >= 15 is 0 Å². The Balaban J connectivity index is 2.33. The van der Waals surface area contributed by atoms with E-state index < -0.39 is 24.5 Å². The van der Waals surface area contributed by atoms with Crippen LogP contribution in [0.15, 0.2) is 11.6 Å². The Hall–Kier alpha value is -2.19. The van der Waals surface area contributed by atoms with Crippen LogP contribution in [-0.4, -0.2) is 36.6 Å². The molecule has 1 aliphatic rings. The summed E-state index contributed by atoms with van der Waals surface area (Å²) >= 11 is 1.35. The van der Waals surface area contributed by atoms with Crippen LogP contribution >= 0.6 is 11.3 Å². The number of carbonyl (C=O) groups is 3. The van der Waals surface area contributed by atoms with Gasteiger partial charge >= 0.3 is 11.9 Å². The fourth-order valence-corrected chi connectivity index (χ4v) is 4.89. The first kappa shape index (κ1) is 23.1. The van der Waals surface area contributed by atoms with E-state index in [0.29, 0.717) is 17.0 Å². The topological polar surface area (TPSA) is 93.7 Å². The summed E-state index contributed by atoms with van der Waals surface area (Å²) in [4.78, 5) is 37.7. The number of rotatable bonds is 6. The van der Waals surface area contributed by atoms with Crippen molar-refractivity contribution in [2.24, 2.45) is 0 Å². The van der Waals surface area contributed by atoms with E-state index in [0.717, 1.165) is 16.0 Å². The molecule has 0 fully saturated rings. The standard InChI is InChI=1S/C21H30N2O5S/c1-8-27-19(26)16-13-10-20(4,5)23-21(6,7)17(13)29-18(16)22-14(24)11-28-15(25)9-12(2)3/h9,23H,8,10-11H2,1-7H3,(H,22,24). The number of carbonyl (C=O) groups excluding carboxylic acids is 3. The normalized spacial score (nSPS) is 16.4. The number of hydrogen-bond donors (Lipinski definition) is 2. The van der Waals surface area contributed by atoms with Crippen molar-refractivity contribution in [2.45, 2.75) is 66.0 Å². The maximum Gasteiger partial charge on any atom is 0.341 e. The molecule has 1 aliphatic heterocycles. The molecule has 0 saturated heterocycles. The number of allylic oxidation sites excluding steroid dienone is 1. The van der Waals surface area contributed by atoms with Crippen molar-refractivity contribution in [3.63, 3.8) is 0 Å². The van der Waals surface area contributed by atoms with Gasteiger partial charge in [-0.2, -0.15) is 0 Å². The van der Waals surface area contributed by atoms with E-state index in [1.54, 1.807) is 20.8 Å². The van der Waals surface area contributed by atoms with Crippen LogP contribution in [0.4, 0.5) is 5.00 Å². The summed E-state index contributed by atoms with van der Waals surface area (Å²) in [5.41, 5.74) is 1.46. The number of nitrogens with one attached hydrogen (secondary N) is 2. The molecule has 0 aromatic carbocycles. The van der Waals surface area contributed by atoms with Crippen LogP contribution < -0.4 is 10.6 Å². The van der Waals surface area contributed by atoms with Crippen LogP contribution in [0.3, 0.4) is 0 Å². The van der Waals surface area contributed by atoms with Crippen LogP contribution in [-0.2, 0) is 31.0 Å². The molecule has 2 rings (SSSR count). The summed E-state index contributed by atoms with van der Waals surface area (Å²) in [7, 11) is 0. The van der Waals surface area contributed by atoms with Crippen molar-refractivity contribution < 1.29 is 23.9 Å². The summed E-state index contributed by atoms with van der Waals surface area (Å²) < 4.78 is 10.2. The van der Waals surface area contributed by atoms with Gasteiger partial charge in [-0.3, -0.25) is 4.79 Å². The molecule has 0 spiro atoms. The number of esters is 2. The average Bonchev–Trinajstić information content (AvgIpc) is 2.89. The van der Waals surface area contributed by atoms with E-state index in [2.05, 4.69) is 24.5 Å². The summed E-state index contributed by atoms with van der Waals surface area (Å²) in [5, 5.41) is 6.74. The first-order valence-electron chi connectivity index (χ1n) is 9.60. The van der Waals surface area contributed by atoms with Gasteiger partial charge in [-0.05, 0) is 60.5 Å². The summed E-state index contributed by atoms with van der Waals surface area (Å²) in [5.74, 6) is -1.55. The molecule has 160 valence electrons. The zero-order valence-corrected chi connectivity index (χ0v) is 19.0. The summed E-state index contributed by atoms with van der Waals surface area (Å²) in [6, 6.07) is 0. The van der Waals surface area contributed by atoms with Gasteiger partial charge in [-0.25, -0.2) is 9.59 Å². The summed E-state index contributed by atoms with van der Waals surface area (Å²) in [6.07, 6.45) is 1.94. The molecular formula is C21H30N2O5S. The minimum absolute atomic E-state index is 0.222. The second-order valence-electron chi connectivity index (χ2n) is 8.52. The zero-order valence-electron chi connectivity index (χ0n) is 18.1. The minimum atomic E-state index is -0.580. The summed E-state index contributed by atoms with van der Waals surface area (Å²) in [6.45, 7) is 13.3. The molecule has 7 nitrogen and oxygen atoms in total. The van der Waals surface area contributed by atoms with Gasteiger partial charge in [0.2, 0.25) is 0 Å². The lowest BCUT2D eigenvalue weighted by atomic mass is 9.81. The van der Waals surface area contributed by atoms with Crippen molar-refractivity contribution >= 4 is 34.2 Å². The van der Waals surface area contributed by atoms with Crippen LogP contribution in [0.2, 0.25) is 0 Å². The van der Waals surface area contributed by atoms with Crippen molar-refractivity contribution in [2.75, 3.05) is 18.5 Å². The maximum atomic E-state index is 12.7. The quantitative estimate of drug-likeness (QED) is 0.538. The third-order valence-corrected chi connectivity index (χ3v) is 5.80. The highest BCUT2D eigenvalue weighted by molar-refractivity contribution is 7.17. The molecule has 0 bridgehead atoms. The van der Waals surface area contributed by atoms with Gasteiger partial charge in [0, 0.05) is 22.0 Å². The molecule has 2 heterocycles. The molecule has 0 aliphatic carbocycles. The van der Waals surface area contributed by atoms with E-state index in [1.807, 2.05) is 13.8 Å². The van der Waals surface area contributed by atoms with E-state index in [-0.39, 0.29) is 17.7 Å². The minimum Gasteiger partial charge on any atom is -0.462 e. The second-order valence-corrected chi connectivity index (χ2v) is 9.54. The maximum absolute atomic E-state index is 12.7. The smallest absolute Gasteiger partial charge is 0.341 e. The van der Waals surface area contributed by atoms with Crippen LogP contribution in [0, 0.1) is 0 Å². The van der Waals surface area contributed by atoms with Crippen molar-refractivity contribution in [1.29, 1.82) is 0 Å². The number of thiophene rings is 1. The van der Waals surface area contributed by atoms with Gasteiger partial charge < -0.3 is 20.1 Å². The number of amides is 1. The molecule has 8 heteroatoms. The molecule has 2 N–H and O–H groups in total. The van der Waals surface area contributed by atoms with Crippen molar-refractivity contribution in [3.05, 3.63) is 27.7 Å². The largest absolute Gasteiger partial charge is 0.462 e. The number of ether oxygens (including phenoxy) is 2. The Morgan fingerprint density at radius 2 is 1.83 bits per heavy atom. The lowest BCUT2D eigenvalue weighted by Crippen LogP contribution is -2.55. The fourth-order valence-electron chi connectivity index (χ4n) is 3.61. The Morgan fingerprint density at radius 1 is 1.17 bits per heavy atom. The zero-order chi connectivity index (χ0) is 22.0. The molecule has 1 aromatic rings. The van der Waals surface area contributed by atoms with Gasteiger partial charge in [0.15, 0.2) is 6.61 Å². The predicted octanol–water partition coefficient (Wildman–Crippen LogP) is 3.53. The van der Waals surface area contributed by atoms with Gasteiger partial charge in [0.25, 0.3) is 5.91 Å². The predicted molar refractivity (Wildman–Crippen MR) is 113 cm³/mol. The second kappa shape index (κ2) is 8.67. The monoisotopic (exact) mass is 422 g/mol. The molecular weight excluding hydrogens is 392 g/mol. The Bertz CT molecular complexity index is 847. The van der Waals surface area contributed by atoms with Gasteiger partial charge in [-0.1, -0.05) is 5.57 Å². The number of anilines is 1. The highest BCUT2D eigenvalue weighted by atomic mass is 32.1. The SMILES string of the molecule is CCOC(=O)c1c(NC(=O)COC(=O)C=C(C)C)sc2c1CC(C)(C)NC2(C)C.